The highest BCUT2D eigenvalue weighted by Gasteiger charge is 2.19. The number of morpholine rings is 1. The van der Waals surface area contributed by atoms with E-state index in [1.165, 1.54) is 12.1 Å². The molecule has 84 valence electrons. The zero-order chi connectivity index (χ0) is 11.4. The second kappa shape index (κ2) is 5.06. The van der Waals surface area contributed by atoms with Crippen LogP contribution in [0.3, 0.4) is 0 Å². The van der Waals surface area contributed by atoms with Crippen molar-refractivity contribution in [3.05, 3.63) is 35.6 Å². The molecule has 0 bridgehead atoms. The van der Waals surface area contributed by atoms with Gasteiger partial charge in [0.1, 0.15) is 5.82 Å². The van der Waals surface area contributed by atoms with Crippen LogP contribution in [0.25, 0.3) is 0 Å². The molecule has 1 fully saturated rings. The Morgan fingerprint density at radius 2 is 2.44 bits per heavy atom. The fourth-order valence-corrected chi connectivity index (χ4v) is 1.82. The quantitative estimate of drug-likeness (QED) is 0.758. The van der Waals surface area contributed by atoms with Crippen LogP contribution in [-0.2, 0) is 11.3 Å². The van der Waals surface area contributed by atoms with Crippen LogP contribution in [-0.4, -0.2) is 30.7 Å². The molecule has 2 rings (SSSR count). The SMILES string of the molecule is N#CC1CN(Cc2cccc(F)c2)CCO1. The van der Waals surface area contributed by atoms with E-state index in [0.29, 0.717) is 19.7 Å². The fourth-order valence-electron chi connectivity index (χ4n) is 1.82. The summed E-state index contributed by atoms with van der Waals surface area (Å²) in [5.74, 6) is -0.220. The molecular weight excluding hydrogens is 207 g/mol. The molecular formula is C12H13FN2O. The van der Waals surface area contributed by atoms with Gasteiger partial charge in [-0.1, -0.05) is 12.1 Å². The summed E-state index contributed by atoms with van der Waals surface area (Å²) in [7, 11) is 0. The van der Waals surface area contributed by atoms with E-state index in [1.54, 1.807) is 6.07 Å². The molecule has 1 heterocycles. The lowest BCUT2D eigenvalue weighted by Crippen LogP contribution is -2.41. The number of ether oxygens (including phenoxy) is 1. The average molecular weight is 220 g/mol. The normalized spacial score (nSPS) is 21.6. The molecule has 1 aromatic carbocycles. The first-order chi connectivity index (χ1) is 7.78. The summed E-state index contributed by atoms with van der Waals surface area (Å²) in [4.78, 5) is 2.10. The van der Waals surface area contributed by atoms with Crippen LogP contribution in [0.5, 0.6) is 0 Å². The highest BCUT2D eigenvalue weighted by Crippen LogP contribution is 2.11. The summed E-state index contributed by atoms with van der Waals surface area (Å²) >= 11 is 0. The van der Waals surface area contributed by atoms with Crippen LogP contribution in [0.4, 0.5) is 4.39 Å². The van der Waals surface area contributed by atoms with Crippen LogP contribution in [0, 0.1) is 17.1 Å². The van der Waals surface area contributed by atoms with Crippen molar-refractivity contribution < 1.29 is 9.13 Å². The molecule has 1 saturated heterocycles. The van der Waals surface area contributed by atoms with E-state index in [0.717, 1.165) is 12.1 Å². The second-order valence-electron chi connectivity index (χ2n) is 3.85. The summed E-state index contributed by atoms with van der Waals surface area (Å²) < 4.78 is 18.2. The van der Waals surface area contributed by atoms with Gasteiger partial charge in [-0.05, 0) is 17.7 Å². The van der Waals surface area contributed by atoms with Crippen LogP contribution >= 0.6 is 0 Å². The molecule has 0 spiro atoms. The maximum absolute atomic E-state index is 13.0. The standard InChI is InChI=1S/C12H13FN2O/c13-11-3-1-2-10(6-11)8-15-4-5-16-12(7-14)9-15/h1-3,6,12H,4-5,8-9H2. The Labute approximate surface area is 94.0 Å². The van der Waals surface area contributed by atoms with Gasteiger partial charge in [-0.2, -0.15) is 5.26 Å². The van der Waals surface area contributed by atoms with Crippen molar-refractivity contribution in [3.63, 3.8) is 0 Å². The van der Waals surface area contributed by atoms with Gasteiger partial charge in [-0.25, -0.2) is 4.39 Å². The molecule has 1 aromatic rings. The molecule has 3 nitrogen and oxygen atoms in total. The summed E-state index contributed by atoms with van der Waals surface area (Å²) in [5.41, 5.74) is 0.929. The number of benzene rings is 1. The van der Waals surface area contributed by atoms with Gasteiger partial charge in [0.15, 0.2) is 6.10 Å². The number of halogens is 1. The largest absolute Gasteiger partial charge is 0.361 e. The van der Waals surface area contributed by atoms with Gasteiger partial charge < -0.3 is 4.74 Å². The van der Waals surface area contributed by atoms with Gasteiger partial charge in [0.2, 0.25) is 0 Å². The Hall–Kier alpha value is -1.44. The van der Waals surface area contributed by atoms with Crippen molar-refractivity contribution >= 4 is 0 Å². The molecule has 1 atom stereocenters. The molecule has 1 unspecified atom stereocenters. The molecule has 0 amide bonds. The first-order valence-corrected chi connectivity index (χ1v) is 5.26. The molecule has 1 aliphatic heterocycles. The van der Waals surface area contributed by atoms with Crippen LogP contribution in [0.1, 0.15) is 5.56 Å². The highest BCUT2D eigenvalue weighted by atomic mass is 19.1. The smallest absolute Gasteiger partial charge is 0.156 e. The fraction of sp³-hybridized carbons (Fsp3) is 0.417. The minimum atomic E-state index is -0.359. The van der Waals surface area contributed by atoms with Gasteiger partial charge in [0, 0.05) is 19.6 Å². The maximum Gasteiger partial charge on any atom is 0.156 e. The number of hydrogen-bond acceptors (Lipinski definition) is 3. The summed E-state index contributed by atoms with van der Waals surface area (Å²) in [6.45, 7) is 2.61. The summed E-state index contributed by atoms with van der Waals surface area (Å²) in [5, 5.41) is 8.76. The highest BCUT2D eigenvalue weighted by molar-refractivity contribution is 5.16. The monoisotopic (exact) mass is 220 g/mol. The van der Waals surface area contributed by atoms with E-state index in [-0.39, 0.29) is 11.9 Å². The third-order valence-electron chi connectivity index (χ3n) is 2.59. The summed E-state index contributed by atoms with van der Waals surface area (Å²) in [6, 6.07) is 8.64. The van der Waals surface area contributed by atoms with Gasteiger partial charge in [0.25, 0.3) is 0 Å². The van der Waals surface area contributed by atoms with E-state index in [9.17, 15) is 4.39 Å². The van der Waals surface area contributed by atoms with Crippen molar-refractivity contribution in [2.45, 2.75) is 12.6 Å². The van der Waals surface area contributed by atoms with Crippen molar-refractivity contribution in [2.24, 2.45) is 0 Å². The van der Waals surface area contributed by atoms with Gasteiger partial charge >= 0.3 is 0 Å². The molecule has 0 saturated carbocycles. The van der Waals surface area contributed by atoms with E-state index >= 15 is 0 Å². The minimum absolute atomic E-state index is 0.220. The molecule has 1 aliphatic rings. The van der Waals surface area contributed by atoms with Gasteiger partial charge in [0.05, 0.1) is 12.7 Å². The number of nitriles is 1. The maximum atomic E-state index is 13.0. The Balaban J connectivity index is 1.97. The third kappa shape index (κ3) is 2.78. The topological polar surface area (TPSA) is 36.3 Å². The lowest BCUT2D eigenvalue weighted by Gasteiger charge is -2.29. The molecule has 4 heteroatoms. The average Bonchev–Trinajstić information content (AvgIpc) is 2.29. The molecule has 0 radical (unpaired) electrons. The second-order valence-corrected chi connectivity index (χ2v) is 3.85. The predicted octanol–water partition coefficient (Wildman–Crippen LogP) is 1.55. The predicted molar refractivity (Wildman–Crippen MR) is 57.0 cm³/mol. The Kier molecular flexibility index (Phi) is 3.50. The number of hydrogen-bond donors (Lipinski definition) is 0. The van der Waals surface area contributed by atoms with Crippen molar-refractivity contribution in [1.82, 2.24) is 4.90 Å². The number of nitrogens with zero attached hydrogens (tertiary/aromatic N) is 2. The molecule has 16 heavy (non-hydrogen) atoms. The van der Waals surface area contributed by atoms with Crippen LogP contribution < -0.4 is 0 Å². The van der Waals surface area contributed by atoms with E-state index in [1.807, 2.05) is 6.07 Å². The summed E-state index contributed by atoms with van der Waals surface area (Å²) in [6.07, 6.45) is -0.359. The Morgan fingerprint density at radius 3 is 3.19 bits per heavy atom. The van der Waals surface area contributed by atoms with E-state index in [4.69, 9.17) is 10.00 Å². The van der Waals surface area contributed by atoms with Crippen molar-refractivity contribution in [1.29, 1.82) is 5.26 Å². The van der Waals surface area contributed by atoms with E-state index < -0.39 is 0 Å². The first-order valence-electron chi connectivity index (χ1n) is 5.26. The zero-order valence-electron chi connectivity index (χ0n) is 8.90. The molecule has 0 aromatic heterocycles. The zero-order valence-corrected chi connectivity index (χ0v) is 8.90. The van der Waals surface area contributed by atoms with E-state index in [2.05, 4.69) is 11.0 Å². The lowest BCUT2D eigenvalue weighted by molar-refractivity contribution is -0.00271. The minimum Gasteiger partial charge on any atom is -0.361 e. The number of rotatable bonds is 2. The lowest BCUT2D eigenvalue weighted by atomic mass is 10.2. The van der Waals surface area contributed by atoms with Gasteiger partial charge in [-0.3, -0.25) is 4.90 Å². The Bertz CT molecular complexity index is 402. The van der Waals surface area contributed by atoms with Crippen LogP contribution in [0.2, 0.25) is 0 Å². The molecule has 0 N–H and O–H groups in total. The third-order valence-corrected chi connectivity index (χ3v) is 2.59. The Morgan fingerprint density at radius 1 is 1.56 bits per heavy atom. The first kappa shape index (κ1) is 11.1. The van der Waals surface area contributed by atoms with Gasteiger partial charge in [-0.15, -0.1) is 0 Å². The molecule has 0 aliphatic carbocycles. The van der Waals surface area contributed by atoms with Crippen molar-refractivity contribution in [3.8, 4) is 6.07 Å². The van der Waals surface area contributed by atoms with Crippen LogP contribution in [0.15, 0.2) is 24.3 Å². The van der Waals surface area contributed by atoms with Crippen molar-refractivity contribution in [2.75, 3.05) is 19.7 Å².